The molecule has 1 fully saturated rings. The smallest absolute Gasteiger partial charge is 0.130 e. The van der Waals surface area contributed by atoms with Gasteiger partial charge in [0.05, 0.1) is 5.69 Å². The predicted octanol–water partition coefficient (Wildman–Crippen LogP) is 2.91. The van der Waals surface area contributed by atoms with E-state index in [-0.39, 0.29) is 11.6 Å². The van der Waals surface area contributed by atoms with Crippen LogP contribution in [0.5, 0.6) is 0 Å². The number of hydrogen-bond donors (Lipinski definition) is 1. The van der Waals surface area contributed by atoms with Gasteiger partial charge in [0.15, 0.2) is 0 Å². The molecule has 0 radical (unpaired) electrons. The maximum absolute atomic E-state index is 6.58. The molecule has 5 heteroatoms. The quantitative estimate of drug-likeness (QED) is 0.930. The van der Waals surface area contributed by atoms with Crippen molar-refractivity contribution in [2.45, 2.75) is 64.5 Å². The Balaban J connectivity index is 2.11. The second-order valence-corrected chi connectivity index (χ2v) is 7.20. The molecule has 2 N–H and O–H groups in total. The molecule has 0 aliphatic carbocycles. The molecule has 0 bridgehead atoms. The summed E-state index contributed by atoms with van der Waals surface area (Å²) in [4.78, 5) is 2.56. The van der Waals surface area contributed by atoms with Crippen LogP contribution < -0.4 is 5.73 Å². The van der Waals surface area contributed by atoms with Crippen molar-refractivity contribution in [3.63, 3.8) is 0 Å². The number of nitrogens with zero attached hydrogens (tertiary/aromatic N) is 3. The number of hydrogen-bond acceptors (Lipinski definition) is 3. The lowest BCUT2D eigenvalue weighted by Crippen LogP contribution is -2.57. The summed E-state index contributed by atoms with van der Waals surface area (Å²) < 4.78 is 1.73. The Kier molecular flexibility index (Phi) is 5.33. The fourth-order valence-electron chi connectivity index (χ4n) is 3.26. The molecule has 4 nitrogen and oxygen atoms in total. The molecule has 0 saturated carbocycles. The fraction of sp³-hybridized carbons (Fsp3) is 0.812. The van der Waals surface area contributed by atoms with Gasteiger partial charge in [-0.2, -0.15) is 5.10 Å². The van der Waals surface area contributed by atoms with Gasteiger partial charge in [-0.25, -0.2) is 0 Å². The molecular formula is C16H29ClN4. The molecular weight excluding hydrogens is 284 g/mol. The summed E-state index contributed by atoms with van der Waals surface area (Å²) in [7, 11) is 1.88. The van der Waals surface area contributed by atoms with Crippen LogP contribution in [-0.2, 0) is 13.5 Å². The summed E-state index contributed by atoms with van der Waals surface area (Å²) in [6.07, 6.45) is 6.03. The van der Waals surface area contributed by atoms with Gasteiger partial charge in [-0.05, 0) is 53.1 Å². The van der Waals surface area contributed by atoms with Gasteiger partial charge in [0.1, 0.15) is 5.15 Å². The van der Waals surface area contributed by atoms with Crippen LogP contribution >= 0.6 is 11.6 Å². The zero-order valence-corrected chi connectivity index (χ0v) is 14.6. The van der Waals surface area contributed by atoms with Gasteiger partial charge in [-0.3, -0.25) is 9.58 Å². The summed E-state index contributed by atoms with van der Waals surface area (Å²) >= 11 is 6.35. The van der Waals surface area contributed by atoms with Crippen LogP contribution in [0.4, 0.5) is 0 Å². The normalized spacial score (nSPS) is 19.5. The average molecular weight is 313 g/mol. The van der Waals surface area contributed by atoms with E-state index in [1.54, 1.807) is 4.68 Å². The molecule has 1 aromatic rings. The highest BCUT2D eigenvalue weighted by molar-refractivity contribution is 6.30. The summed E-state index contributed by atoms with van der Waals surface area (Å²) in [5, 5.41) is 5.11. The van der Waals surface area contributed by atoms with E-state index in [0.717, 1.165) is 35.9 Å². The SMILES string of the molecule is Cc1nn(C)c(Cl)c1CC(N)C(C)(C)N1CCCCCC1. The molecule has 1 aromatic heterocycles. The van der Waals surface area contributed by atoms with Gasteiger partial charge < -0.3 is 5.73 Å². The zero-order valence-electron chi connectivity index (χ0n) is 13.8. The van der Waals surface area contributed by atoms with Crippen molar-refractivity contribution in [1.29, 1.82) is 0 Å². The third-order valence-corrected chi connectivity index (χ3v) is 5.50. The van der Waals surface area contributed by atoms with E-state index in [9.17, 15) is 0 Å². The van der Waals surface area contributed by atoms with Crippen molar-refractivity contribution in [2.75, 3.05) is 13.1 Å². The van der Waals surface area contributed by atoms with Gasteiger partial charge in [-0.1, -0.05) is 24.4 Å². The Labute approximate surface area is 133 Å². The van der Waals surface area contributed by atoms with Crippen molar-refractivity contribution < 1.29 is 0 Å². The third-order valence-electron chi connectivity index (χ3n) is 5.02. The first-order valence-corrected chi connectivity index (χ1v) is 8.40. The number of nitrogens with two attached hydrogens (primary N) is 1. The summed E-state index contributed by atoms with van der Waals surface area (Å²) in [6.45, 7) is 8.85. The number of aromatic nitrogens is 2. The molecule has 1 saturated heterocycles. The number of rotatable bonds is 4. The fourth-order valence-corrected chi connectivity index (χ4v) is 3.51. The van der Waals surface area contributed by atoms with Crippen molar-refractivity contribution in [2.24, 2.45) is 12.8 Å². The van der Waals surface area contributed by atoms with Gasteiger partial charge in [0.2, 0.25) is 0 Å². The van der Waals surface area contributed by atoms with Gasteiger partial charge in [-0.15, -0.1) is 0 Å². The standard InChI is InChI=1S/C16H29ClN4/c1-12-13(15(17)20(4)19-12)11-14(18)16(2,3)21-9-7-5-6-8-10-21/h14H,5-11,18H2,1-4H3. The second kappa shape index (κ2) is 6.67. The van der Waals surface area contributed by atoms with E-state index in [4.69, 9.17) is 17.3 Å². The Hall–Kier alpha value is -0.580. The second-order valence-electron chi connectivity index (χ2n) is 6.84. The molecule has 2 heterocycles. The minimum absolute atomic E-state index is 0.0179. The molecule has 1 unspecified atom stereocenters. The lowest BCUT2D eigenvalue weighted by Gasteiger charge is -2.42. The topological polar surface area (TPSA) is 47.1 Å². The maximum Gasteiger partial charge on any atom is 0.130 e. The van der Waals surface area contributed by atoms with Crippen LogP contribution in [0.3, 0.4) is 0 Å². The van der Waals surface area contributed by atoms with E-state index in [2.05, 4.69) is 23.8 Å². The third kappa shape index (κ3) is 3.61. The lowest BCUT2D eigenvalue weighted by molar-refractivity contribution is 0.0978. The Morgan fingerprint density at radius 2 is 1.81 bits per heavy atom. The van der Waals surface area contributed by atoms with Crippen molar-refractivity contribution in [1.82, 2.24) is 14.7 Å². The molecule has 0 spiro atoms. The Bertz CT molecular complexity index is 473. The van der Waals surface area contributed by atoms with Gasteiger partial charge in [0, 0.05) is 24.2 Å². The molecule has 0 aromatic carbocycles. The van der Waals surface area contributed by atoms with Gasteiger partial charge >= 0.3 is 0 Å². The van der Waals surface area contributed by atoms with Crippen LogP contribution in [0.25, 0.3) is 0 Å². The van der Waals surface area contributed by atoms with E-state index < -0.39 is 0 Å². The Morgan fingerprint density at radius 3 is 2.29 bits per heavy atom. The highest BCUT2D eigenvalue weighted by Crippen LogP contribution is 2.27. The molecule has 2 rings (SSSR count). The summed E-state index contributed by atoms with van der Waals surface area (Å²) in [5.74, 6) is 0. The molecule has 1 aliphatic rings. The zero-order chi connectivity index (χ0) is 15.6. The highest BCUT2D eigenvalue weighted by Gasteiger charge is 2.34. The number of halogens is 1. The first-order chi connectivity index (χ1) is 9.84. The monoisotopic (exact) mass is 312 g/mol. The first kappa shape index (κ1) is 16.8. The van der Waals surface area contributed by atoms with E-state index in [1.807, 2.05) is 14.0 Å². The molecule has 1 aliphatic heterocycles. The average Bonchev–Trinajstić information content (AvgIpc) is 2.68. The molecule has 1 atom stereocenters. The summed E-state index contributed by atoms with van der Waals surface area (Å²) in [6, 6.07) is 0.0519. The maximum atomic E-state index is 6.58. The van der Waals surface area contributed by atoms with Crippen LogP contribution in [0.15, 0.2) is 0 Å². The number of aryl methyl sites for hydroxylation is 2. The van der Waals surface area contributed by atoms with Crippen molar-refractivity contribution >= 4 is 11.6 Å². The number of likely N-dealkylation sites (tertiary alicyclic amines) is 1. The molecule has 21 heavy (non-hydrogen) atoms. The van der Waals surface area contributed by atoms with E-state index >= 15 is 0 Å². The molecule has 0 amide bonds. The summed E-state index contributed by atoms with van der Waals surface area (Å²) in [5.41, 5.74) is 8.64. The minimum Gasteiger partial charge on any atom is -0.326 e. The largest absolute Gasteiger partial charge is 0.326 e. The minimum atomic E-state index is -0.0179. The highest BCUT2D eigenvalue weighted by atomic mass is 35.5. The van der Waals surface area contributed by atoms with Crippen LogP contribution in [0, 0.1) is 6.92 Å². The van der Waals surface area contributed by atoms with E-state index in [1.165, 1.54) is 25.7 Å². The Morgan fingerprint density at radius 1 is 1.24 bits per heavy atom. The van der Waals surface area contributed by atoms with Crippen LogP contribution in [0.1, 0.15) is 50.8 Å². The predicted molar refractivity (Wildman–Crippen MR) is 88.8 cm³/mol. The first-order valence-electron chi connectivity index (χ1n) is 8.02. The van der Waals surface area contributed by atoms with Crippen LogP contribution in [0.2, 0.25) is 5.15 Å². The van der Waals surface area contributed by atoms with Gasteiger partial charge in [0.25, 0.3) is 0 Å². The van der Waals surface area contributed by atoms with E-state index in [0.29, 0.717) is 0 Å². The lowest BCUT2D eigenvalue weighted by atomic mass is 9.88. The molecule has 120 valence electrons. The van der Waals surface area contributed by atoms with Crippen molar-refractivity contribution in [3.05, 3.63) is 16.4 Å². The van der Waals surface area contributed by atoms with Crippen molar-refractivity contribution in [3.8, 4) is 0 Å². The van der Waals surface area contributed by atoms with Crippen LogP contribution in [-0.4, -0.2) is 39.4 Å².